The van der Waals surface area contributed by atoms with Crippen LogP contribution in [0, 0.1) is 17.7 Å². The van der Waals surface area contributed by atoms with E-state index in [1.165, 1.54) is 6.07 Å². The molecule has 200 valence electrons. The highest BCUT2D eigenvalue weighted by atomic mass is 19.1. The molecule has 2 amide bonds. The van der Waals surface area contributed by atoms with Crippen LogP contribution in [0.2, 0.25) is 0 Å². The summed E-state index contributed by atoms with van der Waals surface area (Å²) in [5.74, 6) is 4.71. The quantitative estimate of drug-likeness (QED) is 0.323. The van der Waals surface area contributed by atoms with Gasteiger partial charge in [-0.3, -0.25) is 14.7 Å². The minimum atomic E-state index is -0.555. The Morgan fingerprint density at radius 3 is 2.74 bits per heavy atom. The van der Waals surface area contributed by atoms with Gasteiger partial charge in [-0.05, 0) is 36.1 Å². The van der Waals surface area contributed by atoms with Crippen molar-refractivity contribution in [3.05, 3.63) is 53.6 Å². The molecule has 4 aromatic rings. The number of fused-ring (bicyclic) bond motifs is 1. The van der Waals surface area contributed by atoms with Gasteiger partial charge < -0.3 is 20.1 Å². The summed E-state index contributed by atoms with van der Waals surface area (Å²) < 4.78 is 20.3. The number of halogens is 1. The zero-order chi connectivity index (χ0) is 27.7. The number of hydrogen-bond donors (Lipinski definition) is 3. The van der Waals surface area contributed by atoms with Gasteiger partial charge in [0, 0.05) is 36.8 Å². The third-order valence-electron chi connectivity index (χ3n) is 6.28. The minimum absolute atomic E-state index is 0.00794. The van der Waals surface area contributed by atoms with Gasteiger partial charge in [0.2, 0.25) is 5.89 Å². The Balaban J connectivity index is 1.30. The van der Waals surface area contributed by atoms with Crippen molar-refractivity contribution < 1.29 is 18.5 Å². The van der Waals surface area contributed by atoms with Gasteiger partial charge in [0.15, 0.2) is 11.5 Å². The van der Waals surface area contributed by atoms with E-state index >= 15 is 4.39 Å². The Hall–Kier alpha value is -4.79. The van der Waals surface area contributed by atoms with Crippen molar-refractivity contribution in [1.82, 2.24) is 35.5 Å². The van der Waals surface area contributed by atoms with Crippen LogP contribution < -0.4 is 10.6 Å². The van der Waals surface area contributed by atoms with Crippen LogP contribution in [0.4, 0.5) is 10.2 Å². The van der Waals surface area contributed by atoms with Crippen LogP contribution in [0.15, 0.2) is 35.0 Å². The summed E-state index contributed by atoms with van der Waals surface area (Å²) in [7, 11) is 0. The van der Waals surface area contributed by atoms with E-state index in [-0.39, 0.29) is 24.3 Å². The van der Waals surface area contributed by atoms with E-state index in [0.717, 1.165) is 5.56 Å². The number of rotatable bonds is 6. The third kappa shape index (κ3) is 5.29. The van der Waals surface area contributed by atoms with Crippen molar-refractivity contribution in [3.8, 4) is 23.0 Å². The van der Waals surface area contributed by atoms with Crippen molar-refractivity contribution >= 4 is 28.7 Å². The van der Waals surface area contributed by atoms with Gasteiger partial charge in [-0.2, -0.15) is 10.1 Å². The average Bonchev–Trinajstić information content (AvgIpc) is 3.53. The number of anilines is 1. The SMILES string of the molecule is CC#CC(=O)N1CC(Nc2n[nH]c3nccc(-c4ccc(CNC(=O)c5noc(C(C)(C)C)n5)c(F)c4)c23)C1. The molecule has 3 aromatic heterocycles. The van der Waals surface area contributed by atoms with Crippen LogP contribution in [-0.2, 0) is 16.8 Å². The fourth-order valence-corrected chi connectivity index (χ4v) is 4.14. The lowest BCUT2D eigenvalue weighted by atomic mass is 9.97. The minimum Gasteiger partial charge on any atom is -0.362 e. The highest BCUT2D eigenvalue weighted by molar-refractivity contribution is 6.00. The maximum atomic E-state index is 15.1. The molecule has 0 unspecified atom stereocenters. The van der Waals surface area contributed by atoms with E-state index in [9.17, 15) is 9.59 Å². The summed E-state index contributed by atoms with van der Waals surface area (Å²) in [5, 5.41) is 17.7. The third-order valence-corrected chi connectivity index (χ3v) is 6.28. The number of likely N-dealkylation sites (tertiary alicyclic amines) is 1. The normalized spacial score (nSPS) is 13.5. The molecule has 12 heteroatoms. The van der Waals surface area contributed by atoms with Gasteiger partial charge in [-0.15, -0.1) is 0 Å². The topological polar surface area (TPSA) is 142 Å². The number of amides is 2. The van der Waals surface area contributed by atoms with Crippen LogP contribution in [0.25, 0.3) is 22.2 Å². The first kappa shape index (κ1) is 25.8. The summed E-state index contributed by atoms with van der Waals surface area (Å²) in [6.45, 7) is 8.28. The van der Waals surface area contributed by atoms with Gasteiger partial charge in [0.05, 0.1) is 11.4 Å². The number of hydrogen-bond acceptors (Lipinski definition) is 8. The fourth-order valence-electron chi connectivity index (χ4n) is 4.14. The molecule has 0 atom stereocenters. The van der Waals surface area contributed by atoms with Gasteiger partial charge in [-0.25, -0.2) is 9.37 Å². The molecule has 0 radical (unpaired) electrons. The lowest BCUT2D eigenvalue weighted by Crippen LogP contribution is -2.56. The lowest BCUT2D eigenvalue weighted by Gasteiger charge is -2.38. The molecule has 0 saturated carbocycles. The van der Waals surface area contributed by atoms with Crippen molar-refractivity contribution in [2.75, 3.05) is 18.4 Å². The first-order valence-corrected chi connectivity index (χ1v) is 12.4. The number of nitrogens with one attached hydrogen (secondary N) is 3. The molecule has 0 aliphatic carbocycles. The first-order valence-electron chi connectivity index (χ1n) is 12.4. The molecule has 1 aromatic carbocycles. The number of carbonyl (C=O) groups excluding carboxylic acids is 2. The zero-order valence-electron chi connectivity index (χ0n) is 21.9. The Morgan fingerprint density at radius 2 is 2.05 bits per heavy atom. The van der Waals surface area contributed by atoms with Crippen LogP contribution in [0.3, 0.4) is 0 Å². The van der Waals surface area contributed by atoms with E-state index in [0.29, 0.717) is 47.0 Å². The highest BCUT2D eigenvalue weighted by Crippen LogP contribution is 2.33. The van der Waals surface area contributed by atoms with Gasteiger partial charge in [0.1, 0.15) is 5.82 Å². The molecule has 11 nitrogen and oxygen atoms in total. The second-order valence-electron chi connectivity index (χ2n) is 10.2. The van der Waals surface area contributed by atoms with Crippen molar-refractivity contribution in [2.24, 2.45) is 0 Å². The molecule has 1 aliphatic heterocycles. The zero-order valence-corrected chi connectivity index (χ0v) is 21.9. The van der Waals surface area contributed by atoms with E-state index in [4.69, 9.17) is 4.52 Å². The van der Waals surface area contributed by atoms with Crippen molar-refractivity contribution in [3.63, 3.8) is 0 Å². The second kappa shape index (κ2) is 10.2. The molecule has 1 saturated heterocycles. The summed E-state index contributed by atoms with van der Waals surface area (Å²) in [6.07, 6.45) is 1.62. The maximum Gasteiger partial charge on any atom is 0.298 e. The van der Waals surface area contributed by atoms with Crippen LogP contribution in [-0.4, -0.2) is 61.2 Å². The molecule has 5 rings (SSSR count). The van der Waals surface area contributed by atoms with Crippen molar-refractivity contribution in [1.29, 1.82) is 0 Å². The first-order chi connectivity index (χ1) is 18.6. The highest BCUT2D eigenvalue weighted by Gasteiger charge is 2.31. The molecule has 0 bridgehead atoms. The number of pyridine rings is 1. The predicted octanol–water partition coefficient (Wildman–Crippen LogP) is 3.02. The fraction of sp³-hybridized carbons (Fsp3) is 0.333. The number of aromatic amines is 1. The summed E-state index contributed by atoms with van der Waals surface area (Å²) in [5.41, 5.74) is 1.81. The molecular formula is C27H27FN8O3. The van der Waals surface area contributed by atoms with Gasteiger partial charge in [0.25, 0.3) is 17.6 Å². The Bertz CT molecular complexity index is 1620. The van der Waals surface area contributed by atoms with E-state index in [2.05, 4.69) is 47.8 Å². The Kier molecular flexibility index (Phi) is 6.74. The number of benzene rings is 1. The van der Waals surface area contributed by atoms with E-state index in [1.54, 1.807) is 36.2 Å². The number of H-pyrrole nitrogens is 1. The smallest absolute Gasteiger partial charge is 0.298 e. The number of carbonyl (C=O) groups is 2. The standard InChI is InChI=1S/C27H27FN8O3/c1-5-6-20(37)36-13-17(14-36)31-23-21-18(9-10-29-22(21)33-34-23)15-7-8-16(19(28)11-15)12-30-25(38)24-32-26(39-35-24)27(2,3)4/h7-11,17H,12-14H2,1-4H3,(H,30,38)(H2,29,31,33,34). The second-order valence-corrected chi connectivity index (χ2v) is 10.2. The molecule has 4 heterocycles. The van der Waals surface area contributed by atoms with Crippen LogP contribution in [0.1, 0.15) is 49.8 Å². The molecule has 39 heavy (non-hydrogen) atoms. The predicted molar refractivity (Wildman–Crippen MR) is 141 cm³/mol. The lowest BCUT2D eigenvalue weighted by molar-refractivity contribution is -0.128. The largest absolute Gasteiger partial charge is 0.362 e. The average molecular weight is 531 g/mol. The van der Waals surface area contributed by atoms with Gasteiger partial charge in [-0.1, -0.05) is 44.0 Å². The Morgan fingerprint density at radius 1 is 1.26 bits per heavy atom. The monoisotopic (exact) mass is 530 g/mol. The summed E-state index contributed by atoms with van der Waals surface area (Å²) in [6, 6.07) is 6.59. The number of aromatic nitrogens is 5. The Labute approximate surface area is 223 Å². The summed E-state index contributed by atoms with van der Waals surface area (Å²) in [4.78, 5) is 34.5. The van der Waals surface area contributed by atoms with E-state index in [1.807, 2.05) is 20.8 Å². The molecule has 1 aliphatic rings. The molecule has 3 N–H and O–H groups in total. The van der Waals surface area contributed by atoms with Crippen LogP contribution >= 0.6 is 0 Å². The molecule has 1 fully saturated rings. The van der Waals surface area contributed by atoms with Gasteiger partial charge >= 0.3 is 0 Å². The van der Waals surface area contributed by atoms with Crippen molar-refractivity contribution in [2.45, 2.75) is 45.7 Å². The maximum absolute atomic E-state index is 15.1. The van der Waals surface area contributed by atoms with E-state index < -0.39 is 17.1 Å². The number of nitrogens with zero attached hydrogens (tertiary/aromatic N) is 5. The van der Waals surface area contributed by atoms with Crippen LogP contribution in [0.5, 0.6) is 0 Å². The summed E-state index contributed by atoms with van der Waals surface area (Å²) >= 11 is 0. The molecular weight excluding hydrogens is 503 g/mol. The molecule has 0 spiro atoms.